The summed E-state index contributed by atoms with van der Waals surface area (Å²) in [5.74, 6) is 0.414. The van der Waals surface area contributed by atoms with E-state index in [9.17, 15) is 8.42 Å². The van der Waals surface area contributed by atoms with Crippen LogP contribution in [0.4, 0.5) is 0 Å². The first-order chi connectivity index (χ1) is 9.45. The van der Waals surface area contributed by atoms with Crippen LogP contribution in [0, 0.1) is 5.92 Å². The van der Waals surface area contributed by atoms with Crippen LogP contribution in [0.2, 0.25) is 0 Å². The highest BCUT2D eigenvalue weighted by atomic mass is 32.2. The maximum Gasteiger partial charge on any atom is 0.282 e. The lowest BCUT2D eigenvalue weighted by Gasteiger charge is -2.41. The van der Waals surface area contributed by atoms with Crippen LogP contribution in [0.5, 0.6) is 0 Å². The summed E-state index contributed by atoms with van der Waals surface area (Å²) in [4.78, 5) is 0. The van der Waals surface area contributed by atoms with E-state index in [-0.39, 0.29) is 12.1 Å². The third-order valence-electron chi connectivity index (χ3n) is 4.15. The highest BCUT2D eigenvalue weighted by molar-refractivity contribution is 7.86. The van der Waals surface area contributed by atoms with Crippen molar-refractivity contribution < 1.29 is 13.2 Å². The first-order valence-corrected chi connectivity index (χ1v) is 8.88. The summed E-state index contributed by atoms with van der Waals surface area (Å²) < 4.78 is 34.4. The molecule has 0 aromatic rings. The minimum absolute atomic E-state index is 0.0288. The molecule has 0 unspecified atom stereocenters. The van der Waals surface area contributed by atoms with Crippen LogP contribution in [0.3, 0.4) is 0 Å². The Morgan fingerprint density at radius 3 is 2.75 bits per heavy atom. The Morgan fingerprint density at radius 1 is 1.30 bits per heavy atom. The lowest BCUT2D eigenvalue weighted by Crippen LogP contribution is -2.56. The van der Waals surface area contributed by atoms with Crippen LogP contribution in [0.15, 0.2) is 0 Å². The van der Waals surface area contributed by atoms with Gasteiger partial charge in [-0.05, 0) is 46.2 Å². The molecule has 3 atom stereocenters. The van der Waals surface area contributed by atoms with Crippen LogP contribution < -0.4 is 5.32 Å². The fraction of sp³-hybridized carbons (Fsp3) is 1.00. The summed E-state index contributed by atoms with van der Waals surface area (Å²) in [6.07, 6.45) is 2.01. The molecule has 0 aromatic heterocycles. The Morgan fingerprint density at radius 2 is 2.05 bits per heavy atom. The topological polar surface area (TPSA) is 61.9 Å². The Bertz CT molecular complexity index is 413. The molecule has 2 aliphatic rings. The average Bonchev–Trinajstić information content (AvgIpc) is 2.42. The molecular formula is C13H27N3O3S. The van der Waals surface area contributed by atoms with E-state index in [4.69, 9.17) is 4.74 Å². The van der Waals surface area contributed by atoms with Crippen molar-refractivity contribution in [2.75, 3.05) is 39.8 Å². The molecule has 2 heterocycles. The van der Waals surface area contributed by atoms with Gasteiger partial charge in [0, 0.05) is 25.7 Å². The van der Waals surface area contributed by atoms with Crippen molar-refractivity contribution in [3.8, 4) is 0 Å². The number of nitrogens with one attached hydrogen (secondary N) is 1. The molecule has 2 aliphatic heterocycles. The fourth-order valence-electron chi connectivity index (χ4n) is 3.03. The first kappa shape index (κ1) is 16.2. The number of morpholine rings is 1. The zero-order valence-corrected chi connectivity index (χ0v) is 13.5. The van der Waals surface area contributed by atoms with Gasteiger partial charge in [-0.1, -0.05) is 0 Å². The molecule has 118 valence electrons. The average molecular weight is 305 g/mol. The molecule has 2 saturated heterocycles. The molecule has 0 spiro atoms. The van der Waals surface area contributed by atoms with E-state index in [1.165, 1.54) is 0 Å². The third-order valence-corrected chi connectivity index (χ3v) is 6.23. The number of hydrogen-bond donors (Lipinski definition) is 1. The Hall–Kier alpha value is -0.210. The van der Waals surface area contributed by atoms with E-state index < -0.39 is 10.2 Å². The summed E-state index contributed by atoms with van der Waals surface area (Å²) >= 11 is 0. The lowest BCUT2D eigenvalue weighted by molar-refractivity contribution is -0.0195. The van der Waals surface area contributed by atoms with Crippen molar-refractivity contribution in [1.82, 2.24) is 13.9 Å². The molecule has 0 aliphatic carbocycles. The van der Waals surface area contributed by atoms with Gasteiger partial charge in [0.1, 0.15) is 0 Å². The minimum atomic E-state index is -3.36. The van der Waals surface area contributed by atoms with Gasteiger partial charge in [0.2, 0.25) is 0 Å². The first-order valence-electron chi connectivity index (χ1n) is 7.48. The maximum absolute atomic E-state index is 12.8. The SMILES string of the molecule is CNC[C@@H]1CCCN(S(=O)(=O)N2C[C@@H](C)OC[C@@H]2C)C1. The van der Waals surface area contributed by atoms with Crippen molar-refractivity contribution >= 4 is 10.2 Å². The zero-order valence-electron chi connectivity index (χ0n) is 12.7. The molecule has 2 fully saturated rings. The molecule has 0 radical (unpaired) electrons. The summed E-state index contributed by atoms with van der Waals surface area (Å²) in [7, 11) is -1.44. The molecule has 2 rings (SSSR count). The van der Waals surface area contributed by atoms with Gasteiger partial charge >= 0.3 is 0 Å². The zero-order chi connectivity index (χ0) is 14.8. The highest BCUT2D eigenvalue weighted by Crippen LogP contribution is 2.24. The quantitative estimate of drug-likeness (QED) is 0.810. The molecule has 0 bridgehead atoms. The molecule has 0 saturated carbocycles. The van der Waals surface area contributed by atoms with Crippen LogP contribution in [-0.4, -0.2) is 69.0 Å². The van der Waals surface area contributed by atoms with Crippen molar-refractivity contribution in [3.05, 3.63) is 0 Å². The normalized spacial score (nSPS) is 34.2. The van der Waals surface area contributed by atoms with Gasteiger partial charge < -0.3 is 10.1 Å². The largest absolute Gasteiger partial charge is 0.375 e. The number of rotatable bonds is 4. The van der Waals surface area contributed by atoms with Gasteiger partial charge in [-0.3, -0.25) is 0 Å². The maximum atomic E-state index is 12.8. The van der Waals surface area contributed by atoms with Crippen molar-refractivity contribution in [1.29, 1.82) is 0 Å². The Balaban J connectivity index is 2.08. The summed E-state index contributed by atoms with van der Waals surface area (Å²) in [5.41, 5.74) is 0. The Labute approximate surface area is 122 Å². The third kappa shape index (κ3) is 3.51. The van der Waals surface area contributed by atoms with Gasteiger partial charge in [-0.2, -0.15) is 17.0 Å². The molecule has 6 nitrogen and oxygen atoms in total. The smallest absolute Gasteiger partial charge is 0.282 e. The second kappa shape index (κ2) is 6.70. The molecule has 1 N–H and O–H groups in total. The van der Waals surface area contributed by atoms with Crippen molar-refractivity contribution in [2.24, 2.45) is 5.92 Å². The molecule has 0 aromatic carbocycles. The van der Waals surface area contributed by atoms with Gasteiger partial charge in [-0.15, -0.1) is 0 Å². The van der Waals surface area contributed by atoms with Crippen LogP contribution in [0.25, 0.3) is 0 Å². The summed E-state index contributed by atoms with van der Waals surface area (Å²) in [6.45, 7) is 6.92. The molecular weight excluding hydrogens is 278 g/mol. The van der Waals surface area contributed by atoms with Gasteiger partial charge in [0.15, 0.2) is 0 Å². The predicted molar refractivity (Wildman–Crippen MR) is 78.7 cm³/mol. The minimum Gasteiger partial charge on any atom is -0.375 e. The van der Waals surface area contributed by atoms with Crippen molar-refractivity contribution in [3.63, 3.8) is 0 Å². The second-order valence-electron chi connectivity index (χ2n) is 5.99. The number of nitrogens with zero attached hydrogens (tertiary/aromatic N) is 2. The van der Waals surface area contributed by atoms with Gasteiger partial charge in [0.05, 0.1) is 12.7 Å². The fourth-order valence-corrected chi connectivity index (χ4v) is 5.00. The van der Waals surface area contributed by atoms with E-state index in [1.807, 2.05) is 20.9 Å². The van der Waals surface area contributed by atoms with E-state index in [1.54, 1.807) is 8.61 Å². The number of ether oxygens (including phenoxy) is 1. The van der Waals surface area contributed by atoms with Crippen LogP contribution in [0.1, 0.15) is 26.7 Å². The van der Waals surface area contributed by atoms with E-state index in [0.717, 1.165) is 19.4 Å². The second-order valence-corrected chi connectivity index (χ2v) is 7.88. The predicted octanol–water partition coefficient (Wildman–Crippen LogP) is 0.272. The lowest BCUT2D eigenvalue weighted by atomic mass is 10.00. The summed E-state index contributed by atoms with van der Waals surface area (Å²) in [6, 6.07) is -0.0825. The van der Waals surface area contributed by atoms with E-state index in [2.05, 4.69) is 5.32 Å². The monoisotopic (exact) mass is 305 g/mol. The summed E-state index contributed by atoms with van der Waals surface area (Å²) in [5, 5.41) is 3.15. The van der Waals surface area contributed by atoms with E-state index >= 15 is 0 Å². The molecule has 20 heavy (non-hydrogen) atoms. The Kier molecular flexibility index (Phi) is 5.42. The highest BCUT2D eigenvalue weighted by Gasteiger charge is 2.38. The molecule has 7 heteroatoms. The van der Waals surface area contributed by atoms with Crippen LogP contribution >= 0.6 is 0 Å². The standard InChI is InChI=1S/C13H27N3O3S/c1-11-10-19-12(2)8-16(11)20(17,18)15-6-4-5-13(9-15)7-14-3/h11-14H,4-10H2,1-3H3/t11-,12+,13-/m0/s1. The van der Waals surface area contributed by atoms with Crippen LogP contribution in [-0.2, 0) is 14.9 Å². The number of hydrogen-bond acceptors (Lipinski definition) is 4. The molecule has 0 amide bonds. The van der Waals surface area contributed by atoms with Gasteiger partial charge in [0.25, 0.3) is 10.2 Å². The van der Waals surface area contributed by atoms with Crippen molar-refractivity contribution in [2.45, 2.75) is 38.8 Å². The number of piperidine rings is 1. The van der Waals surface area contributed by atoms with E-state index in [0.29, 0.717) is 32.2 Å². The van der Waals surface area contributed by atoms with Gasteiger partial charge in [-0.25, -0.2) is 0 Å².